The van der Waals surface area contributed by atoms with E-state index in [1.54, 1.807) is 7.11 Å². The molecule has 0 radical (unpaired) electrons. The molecule has 1 aromatic rings. The number of hydrogen-bond acceptors (Lipinski definition) is 3. The average molecular weight is 251 g/mol. The third kappa shape index (κ3) is 6.74. The molecular formula is C15H25NO2. The lowest BCUT2D eigenvalue weighted by Gasteiger charge is -2.08. The quantitative estimate of drug-likeness (QED) is 0.685. The SMILES string of the molecule is COCc1ccc(CNCCCOC(C)C)cc1. The van der Waals surface area contributed by atoms with Gasteiger partial charge in [-0.2, -0.15) is 0 Å². The van der Waals surface area contributed by atoms with E-state index in [1.807, 2.05) is 0 Å². The van der Waals surface area contributed by atoms with Crippen molar-refractivity contribution in [2.75, 3.05) is 20.3 Å². The molecule has 0 atom stereocenters. The zero-order valence-corrected chi connectivity index (χ0v) is 11.7. The van der Waals surface area contributed by atoms with E-state index >= 15 is 0 Å². The minimum absolute atomic E-state index is 0.332. The Bertz CT molecular complexity index is 309. The van der Waals surface area contributed by atoms with Crippen molar-refractivity contribution in [3.8, 4) is 0 Å². The molecule has 18 heavy (non-hydrogen) atoms. The summed E-state index contributed by atoms with van der Waals surface area (Å²) < 4.78 is 10.6. The van der Waals surface area contributed by atoms with Gasteiger partial charge in [-0.25, -0.2) is 0 Å². The largest absolute Gasteiger partial charge is 0.380 e. The van der Waals surface area contributed by atoms with Crippen LogP contribution in [0.3, 0.4) is 0 Å². The number of hydrogen-bond donors (Lipinski definition) is 1. The minimum atomic E-state index is 0.332. The van der Waals surface area contributed by atoms with Crippen LogP contribution in [-0.2, 0) is 22.6 Å². The summed E-state index contributed by atoms with van der Waals surface area (Å²) in [5, 5.41) is 3.42. The molecule has 0 spiro atoms. The first-order valence-corrected chi connectivity index (χ1v) is 6.61. The fourth-order valence-electron chi connectivity index (χ4n) is 1.67. The Morgan fingerprint density at radius 2 is 1.78 bits per heavy atom. The van der Waals surface area contributed by atoms with E-state index in [-0.39, 0.29) is 0 Å². The third-order valence-electron chi connectivity index (χ3n) is 2.61. The maximum absolute atomic E-state index is 5.48. The molecule has 0 unspecified atom stereocenters. The van der Waals surface area contributed by atoms with Crippen molar-refractivity contribution >= 4 is 0 Å². The van der Waals surface area contributed by atoms with Gasteiger partial charge >= 0.3 is 0 Å². The molecule has 0 aliphatic carbocycles. The average Bonchev–Trinajstić information content (AvgIpc) is 2.35. The van der Waals surface area contributed by atoms with Gasteiger partial charge in [0.25, 0.3) is 0 Å². The molecule has 0 fully saturated rings. The van der Waals surface area contributed by atoms with E-state index in [1.165, 1.54) is 11.1 Å². The molecule has 1 aromatic carbocycles. The molecule has 0 aliphatic heterocycles. The number of benzene rings is 1. The Morgan fingerprint density at radius 3 is 2.39 bits per heavy atom. The van der Waals surface area contributed by atoms with Crippen molar-refractivity contribution in [1.29, 1.82) is 0 Å². The lowest BCUT2D eigenvalue weighted by molar-refractivity contribution is 0.0770. The van der Waals surface area contributed by atoms with Crippen LogP contribution in [0.1, 0.15) is 31.4 Å². The zero-order chi connectivity index (χ0) is 13.2. The standard InChI is InChI=1S/C15H25NO2/c1-13(2)18-10-4-9-16-11-14-5-7-15(8-6-14)12-17-3/h5-8,13,16H,4,9-12H2,1-3H3. The second-order valence-corrected chi connectivity index (χ2v) is 4.70. The Balaban J connectivity index is 2.11. The van der Waals surface area contributed by atoms with Gasteiger partial charge in [-0.15, -0.1) is 0 Å². The Morgan fingerprint density at radius 1 is 1.11 bits per heavy atom. The molecule has 0 aromatic heterocycles. The molecule has 3 nitrogen and oxygen atoms in total. The fraction of sp³-hybridized carbons (Fsp3) is 0.600. The van der Waals surface area contributed by atoms with Gasteiger partial charge in [0.1, 0.15) is 0 Å². The van der Waals surface area contributed by atoms with E-state index in [4.69, 9.17) is 9.47 Å². The van der Waals surface area contributed by atoms with Crippen LogP contribution in [0.15, 0.2) is 24.3 Å². The topological polar surface area (TPSA) is 30.5 Å². The monoisotopic (exact) mass is 251 g/mol. The summed E-state index contributed by atoms with van der Waals surface area (Å²) in [4.78, 5) is 0. The molecule has 102 valence electrons. The molecule has 0 heterocycles. The smallest absolute Gasteiger partial charge is 0.0713 e. The third-order valence-corrected chi connectivity index (χ3v) is 2.61. The van der Waals surface area contributed by atoms with Gasteiger partial charge < -0.3 is 14.8 Å². The highest BCUT2D eigenvalue weighted by atomic mass is 16.5. The van der Waals surface area contributed by atoms with E-state index in [0.717, 1.165) is 26.1 Å². The minimum Gasteiger partial charge on any atom is -0.380 e. The molecule has 0 amide bonds. The fourth-order valence-corrected chi connectivity index (χ4v) is 1.67. The van der Waals surface area contributed by atoms with Crippen LogP contribution in [0, 0.1) is 0 Å². The Hall–Kier alpha value is -0.900. The van der Waals surface area contributed by atoms with Crippen molar-refractivity contribution in [2.24, 2.45) is 0 Å². The second-order valence-electron chi connectivity index (χ2n) is 4.70. The van der Waals surface area contributed by atoms with Gasteiger partial charge in [-0.05, 0) is 37.9 Å². The zero-order valence-electron chi connectivity index (χ0n) is 11.7. The van der Waals surface area contributed by atoms with E-state index in [9.17, 15) is 0 Å². The first kappa shape index (κ1) is 15.2. The Kier molecular flexibility index (Phi) is 7.65. The highest BCUT2D eigenvalue weighted by Crippen LogP contribution is 2.05. The lowest BCUT2D eigenvalue weighted by atomic mass is 10.1. The van der Waals surface area contributed by atoms with Crippen LogP contribution >= 0.6 is 0 Å². The van der Waals surface area contributed by atoms with Crippen LogP contribution in [0.5, 0.6) is 0 Å². The van der Waals surface area contributed by atoms with Crippen LogP contribution in [0.4, 0.5) is 0 Å². The van der Waals surface area contributed by atoms with E-state index < -0.39 is 0 Å². The first-order valence-electron chi connectivity index (χ1n) is 6.61. The lowest BCUT2D eigenvalue weighted by Crippen LogP contribution is -2.17. The molecule has 0 saturated heterocycles. The van der Waals surface area contributed by atoms with Crippen molar-refractivity contribution < 1.29 is 9.47 Å². The molecule has 3 heteroatoms. The predicted molar refractivity (Wildman–Crippen MR) is 74.6 cm³/mol. The molecule has 0 saturated carbocycles. The van der Waals surface area contributed by atoms with Gasteiger partial charge in [0.2, 0.25) is 0 Å². The normalized spacial score (nSPS) is 11.1. The van der Waals surface area contributed by atoms with E-state index in [2.05, 4.69) is 43.4 Å². The van der Waals surface area contributed by atoms with Crippen LogP contribution in [0.25, 0.3) is 0 Å². The molecule has 1 N–H and O–H groups in total. The van der Waals surface area contributed by atoms with Crippen molar-refractivity contribution in [2.45, 2.75) is 39.5 Å². The molecular weight excluding hydrogens is 226 g/mol. The molecule has 1 rings (SSSR count). The van der Waals surface area contributed by atoms with Gasteiger partial charge in [0.05, 0.1) is 12.7 Å². The summed E-state index contributed by atoms with van der Waals surface area (Å²) in [5.74, 6) is 0. The van der Waals surface area contributed by atoms with Crippen molar-refractivity contribution in [3.63, 3.8) is 0 Å². The summed E-state index contributed by atoms with van der Waals surface area (Å²) >= 11 is 0. The van der Waals surface area contributed by atoms with Crippen molar-refractivity contribution in [1.82, 2.24) is 5.32 Å². The summed E-state index contributed by atoms with van der Waals surface area (Å²) in [6.45, 7) is 7.54. The van der Waals surface area contributed by atoms with Gasteiger partial charge in [-0.1, -0.05) is 24.3 Å². The predicted octanol–water partition coefficient (Wildman–Crippen LogP) is 2.74. The highest BCUT2D eigenvalue weighted by molar-refractivity contribution is 5.21. The maximum atomic E-state index is 5.48. The molecule has 0 aliphatic rings. The number of ether oxygens (including phenoxy) is 2. The van der Waals surface area contributed by atoms with Crippen LogP contribution < -0.4 is 5.32 Å². The van der Waals surface area contributed by atoms with Crippen LogP contribution in [0.2, 0.25) is 0 Å². The summed E-state index contributed by atoms with van der Waals surface area (Å²) in [6, 6.07) is 8.52. The highest BCUT2D eigenvalue weighted by Gasteiger charge is 1.96. The number of nitrogens with one attached hydrogen (secondary N) is 1. The Labute approximate surface area is 110 Å². The van der Waals surface area contributed by atoms with Crippen LogP contribution in [-0.4, -0.2) is 26.4 Å². The summed E-state index contributed by atoms with van der Waals surface area (Å²) in [6.07, 6.45) is 1.39. The van der Waals surface area contributed by atoms with E-state index in [0.29, 0.717) is 12.7 Å². The summed E-state index contributed by atoms with van der Waals surface area (Å²) in [5.41, 5.74) is 2.52. The van der Waals surface area contributed by atoms with Crippen molar-refractivity contribution in [3.05, 3.63) is 35.4 Å². The summed E-state index contributed by atoms with van der Waals surface area (Å²) in [7, 11) is 1.72. The number of rotatable bonds is 9. The van der Waals surface area contributed by atoms with Gasteiger partial charge in [0, 0.05) is 20.3 Å². The first-order chi connectivity index (χ1) is 8.72. The number of methoxy groups -OCH3 is 1. The van der Waals surface area contributed by atoms with Gasteiger partial charge in [0.15, 0.2) is 0 Å². The second kappa shape index (κ2) is 9.09. The van der Waals surface area contributed by atoms with Gasteiger partial charge in [-0.3, -0.25) is 0 Å². The molecule has 0 bridgehead atoms. The maximum Gasteiger partial charge on any atom is 0.0713 e.